The Bertz CT molecular complexity index is 785. The van der Waals surface area contributed by atoms with Crippen LogP contribution >= 0.6 is 15.9 Å². The summed E-state index contributed by atoms with van der Waals surface area (Å²) in [6.07, 6.45) is 0. The second kappa shape index (κ2) is 5.88. The Kier molecular flexibility index (Phi) is 3.95. The lowest BCUT2D eigenvalue weighted by Crippen LogP contribution is -2.13. The van der Waals surface area contributed by atoms with Gasteiger partial charge in [-0.1, -0.05) is 52.3 Å². The van der Waals surface area contributed by atoms with Crippen molar-refractivity contribution in [1.29, 1.82) is 0 Å². The number of ether oxygens (including phenoxy) is 1. The van der Waals surface area contributed by atoms with Gasteiger partial charge in [0.2, 0.25) is 0 Å². The summed E-state index contributed by atoms with van der Waals surface area (Å²) in [5.74, 6) is 0.804. The summed E-state index contributed by atoms with van der Waals surface area (Å²) in [7, 11) is 1.67. The van der Waals surface area contributed by atoms with Gasteiger partial charge in [-0.25, -0.2) is 0 Å². The van der Waals surface area contributed by atoms with Gasteiger partial charge >= 0.3 is 0 Å². The predicted molar refractivity (Wildman–Crippen MR) is 90.7 cm³/mol. The molecule has 3 aromatic rings. The Morgan fingerprint density at radius 2 is 1.71 bits per heavy atom. The van der Waals surface area contributed by atoms with Crippen molar-refractivity contribution in [2.45, 2.75) is 6.04 Å². The van der Waals surface area contributed by atoms with Crippen molar-refractivity contribution in [2.24, 2.45) is 5.73 Å². The molecule has 0 saturated carbocycles. The topological polar surface area (TPSA) is 35.2 Å². The summed E-state index contributed by atoms with van der Waals surface area (Å²) in [5, 5.41) is 2.41. The SMILES string of the molecule is COc1ccc(Br)cc1C(N)c1ccc2ccccc2c1. The molecule has 2 N–H and O–H groups in total. The molecular formula is C18H16BrNO. The lowest BCUT2D eigenvalue weighted by Gasteiger charge is -2.17. The van der Waals surface area contributed by atoms with E-state index in [4.69, 9.17) is 10.5 Å². The molecule has 21 heavy (non-hydrogen) atoms. The molecule has 0 aliphatic carbocycles. The molecule has 2 nitrogen and oxygen atoms in total. The smallest absolute Gasteiger partial charge is 0.124 e. The quantitative estimate of drug-likeness (QED) is 0.751. The first-order valence-corrected chi connectivity index (χ1v) is 7.56. The van der Waals surface area contributed by atoms with Gasteiger partial charge in [0.05, 0.1) is 13.2 Å². The van der Waals surface area contributed by atoms with Gasteiger partial charge in [-0.05, 0) is 40.6 Å². The number of nitrogens with two attached hydrogens (primary N) is 1. The van der Waals surface area contributed by atoms with E-state index in [0.29, 0.717) is 0 Å². The second-order valence-corrected chi connectivity index (χ2v) is 5.89. The van der Waals surface area contributed by atoms with Gasteiger partial charge in [0, 0.05) is 10.0 Å². The average molecular weight is 342 g/mol. The Morgan fingerprint density at radius 1 is 0.952 bits per heavy atom. The van der Waals surface area contributed by atoms with E-state index in [1.807, 2.05) is 30.3 Å². The number of benzene rings is 3. The Hall–Kier alpha value is -1.84. The molecule has 3 heteroatoms. The van der Waals surface area contributed by atoms with E-state index in [0.717, 1.165) is 21.3 Å². The van der Waals surface area contributed by atoms with Crippen LogP contribution in [0.5, 0.6) is 5.75 Å². The van der Waals surface area contributed by atoms with Gasteiger partial charge in [-0.3, -0.25) is 0 Å². The maximum atomic E-state index is 6.45. The number of halogens is 1. The highest BCUT2D eigenvalue weighted by molar-refractivity contribution is 9.10. The number of fused-ring (bicyclic) bond motifs is 1. The van der Waals surface area contributed by atoms with E-state index >= 15 is 0 Å². The molecule has 0 aromatic heterocycles. The molecule has 0 aliphatic heterocycles. The molecule has 3 rings (SSSR count). The first-order valence-electron chi connectivity index (χ1n) is 6.77. The zero-order chi connectivity index (χ0) is 14.8. The molecule has 0 spiro atoms. The molecular weight excluding hydrogens is 326 g/mol. The van der Waals surface area contributed by atoms with Gasteiger partial charge in [-0.2, -0.15) is 0 Å². The van der Waals surface area contributed by atoms with Crippen LogP contribution in [0.4, 0.5) is 0 Å². The minimum Gasteiger partial charge on any atom is -0.496 e. The average Bonchev–Trinajstić information content (AvgIpc) is 2.53. The fourth-order valence-corrected chi connectivity index (χ4v) is 2.91. The largest absolute Gasteiger partial charge is 0.496 e. The van der Waals surface area contributed by atoms with Crippen LogP contribution in [-0.4, -0.2) is 7.11 Å². The van der Waals surface area contributed by atoms with Crippen molar-refractivity contribution in [3.05, 3.63) is 76.3 Å². The van der Waals surface area contributed by atoms with Crippen LogP contribution < -0.4 is 10.5 Å². The fraction of sp³-hybridized carbons (Fsp3) is 0.111. The molecule has 1 unspecified atom stereocenters. The zero-order valence-electron chi connectivity index (χ0n) is 11.7. The van der Waals surface area contributed by atoms with E-state index in [1.165, 1.54) is 10.8 Å². The van der Waals surface area contributed by atoms with Gasteiger partial charge < -0.3 is 10.5 Å². The fourth-order valence-electron chi connectivity index (χ4n) is 2.53. The Morgan fingerprint density at radius 3 is 2.48 bits per heavy atom. The van der Waals surface area contributed by atoms with Crippen LogP contribution in [0, 0.1) is 0 Å². The molecule has 106 valence electrons. The lowest BCUT2D eigenvalue weighted by atomic mass is 9.96. The third kappa shape index (κ3) is 2.80. The van der Waals surface area contributed by atoms with Crippen molar-refractivity contribution < 1.29 is 4.74 Å². The van der Waals surface area contributed by atoms with Gasteiger partial charge in [0.25, 0.3) is 0 Å². The van der Waals surface area contributed by atoms with Crippen molar-refractivity contribution >= 4 is 26.7 Å². The van der Waals surface area contributed by atoms with E-state index < -0.39 is 0 Å². The van der Waals surface area contributed by atoms with Crippen molar-refractivity contribution in [3.63, 3.8) is 0 Å². The van der Waals surface area contributed by atoms with Crippen LogP contribution in [0.2, 0.25) is 0 Å². The van der Waals surface area contributed by atoms with E-state index in [2.05, 4.69) is 46.3 Å². The molecule has 0 radical (unpaired) electrons. The molecule has 0 aliphatic rings. The van der Waals surface area contributed by atoms with Crippen LogP contribution in [0.25, 0.3) is 10.8 Å². The third-order valence-electron chi connectivity index (χ3n) is 3.66. The second-order valence-electron chi connectivity index (χ2n) is 4.97. The molecule has 0 amide bonds. The normalized spacial score (nSPS) is 12.3. The number of rotatable bonds is 3. The van der Waals surface area contributed by atoms with Crippen LogP contribution in [-0.2, 0) is 0 Å². The Labute approximate surface area is 132 Å². The van der Waals surface area contributed by atoms with E-state index in [1.54, 1.807) is 7.11 Å². The van der Waals surface area contributed by atoms with Crippen molar-refractivity contribution in [2.75, 3.05) is 7.11 Å². The van der Waals surface area contributed by atoms with E-state index in [-0.39, 0.29) is 6.04 Å². The maximum absolute atomic E-state index is 6.45. The number of methoxy groups -OCH3 is 1. The van der Waals surface area contributed by atoms with Crippen LogP contribution in [0.1, 0.15) is 17.2 Å². The third-order valence-corrected chi connectivity index (χ3v) is 4.15. The minimum atomic E-state index is -0.220. The summed E-state index contributed by atoms with van der Waals surface area (Å²) in [4.78, 5) is 0. The standard InChI is InChI=1S/C18H16BrNO/c1-21-17-9-8-15(19)11-16(17)18(20)14-7-6-12-4-2-3-5-13(12)10-14/h2-11,18H,20H2,1H3. The zero-order valence-corrected chi connectivity index (χ0v) is 13.3. The molecule has 0 heterocycles. The number of hydrogen-bond acceptors (Lipinski definition) is 2. The monoisotopic (exact) mass is 341 g/mol. The van der Waals surface area contributed by atoms with Crippen molar-refractivity contribution in [3.8, 4) is 5.75 Å². The highest BCUT2D eigenvalue weighted by atomic mass is 79.9. The summed E-state index contributed by atoms with van der Waals surface area (Å²) in [6, 6.07) is 20.3. The van der Waals surface area contributed by atoms with Crippen LogP contribution in [0.3, 0.4) is 0 Å². The predicted octanol–water partition coefficient (Wildman–Crippen LogP) is 4.66. The van der Waals surface area contributed by atoms with Crippen molar-refractivity contribution in [1.82, 2.24) is 0 Å². The van der Waals surface area contributed by atoms with Gasteiger partial charge in [0.1, 0.15) is 5.75 Å². The summed E-state index contributed by atoms with van der Waals surface area (Å²) in [5.41, 5.74) is 8.50. The lowest BCUT2D eigenvalue weighted by molar-refractivity contribution is 0.408. The van der Waals surface area contributed by atoms with E-state index in [9.17, 15) is 0 Å². The first-order chi connectivity index (χ1) is 10.2. The minimum absolute atomic E-state index is 0.220. The molecule has 1 atom stereocenters. The highest BCUT2D eigenvalue weighted by Gasteiger charge is 2.15. The van der Waals surface area contributed by atoms with Gasteiger partial charge in [-0.15, -0.1) is 0 Å². The summed E-state index contributed by atoms with van der Waals surface area (Å²) in [6.45, 7) is 0. The Balaban J connectivity index is 2.07. The maximum Gasteiger partial charge on any atom is 0.124 e. The first kappa shape index (κ1) is 14.1. The molecule has 0 fully saturated rings. The number of hydrogen-bond donors (Lipinski definition) is 1. The molecule has 0 bridgehead atoms. The molecule has 3 aromatic carbocycles. The summed E-state index contributed by atoms with van der Waals surface area (Å²) >= 11 is 3.50. The highest BCUT2D eigenvalue weighted by Crippen LogP contribution is 2.32. The summed E-state index contributed by atoms with van der Waals surface area (Å²) < 4.78 is 6.42. The molecule has 0 saturated heterocycles. The van der Waals surface area contributed by atoms with Crippen LogP contribution in [0.15, 0.2) is 65.1 Å². The van der Waals surface area contributed by atoms with Gasteiger partial charge in [0.15, 0.2) is 0 Å².